The molecule has 1 aromatic carbocycles. The van der Waals surface area contributed by atoms with E-state index in [2.05, 4.69) is 20.3 Å². The fourth-order valence-corrected chi connectivity index (χ4v) is 2.75. The van der Waals surface area contributed by atoms with E-state index in [1.54, 1.807) is 36.8 Å². The molecular formula is C17H14N6O. The summed E-state index contributed by atoms with van der Waals surface area (Å²) >= 11 is 0. The van der Waals surface area contributed by atoms with Crippen molar-refractivity contribution in [3.63, 3.8) is 0 Å². The fraction of sp³-hybridized carbons (Fsp3) is 0.0588. The molecule has 24 heavy (non-hydrogen) atoms. The number of amides is 1. The topological polar surface area (TPSA) is 97.0 Å². The molecule has 7 heteroatoms. The Morgan fingerprint density at radius 1 is 1.04 bits per heavy atom. The molecule has 3 N–H and O–H groups in total. The minimum absolute atomic E-state index is 0.320. The third kappa shape index (κ3) is 2.32. The molecule has 0 saturated heterocycles. The smallest absolute Gasteiger partial charge is 0.248 e. The molecule has 0 bridgehead atoms. The van der Waals surface area contributed by atoms with Crippen molar-refractivity contribution >= 4 is 23.1 Å². The van der Waals surface area contributed by atoms with Gasteiger partial charge in [-0.15, -0.1) is 0 Å². The molecule has 3 heterocycles. The van der Waals surface area contributed by atoms with Gasteiger partial charge >= 0.3 is 0 Å². The van der Waals surface area contributed by atoms with Gasteiger partial charge in [0.25, 0.3) is 0 Å². The number of primary amides is 1. The van der Waals surface area contributed by atoms with Gasteiger partial charge in [-0.1, -0.05) is 12.1 Å². The number of nitrogens with two attached hydrogens (primary N) is 1. The molecule has 0 fully saturated rings. The van der Waals surface area contributed by atoms with Crippen molar-refractivity contribution in [3.05, 3.63) is 72.4 Å². The molecule has 1 unspecified atom stereocenters. The van der Waals surface area contributed by atoms with Crippen molar-refractivity contribution in [1.29, 1.82) is 0 Å². The van der Waals surface area contributed by atoms with Crippen LogP contribution in [0.2, 0.25) is 0 Å². The molecule has 0 saturated carbocycles. The first kappa shape index (κ1) is 14.1. The second-order valence-electron chi connectivity index (χ2n) is 5.31. The monoisotopic (exact) mass is 318 g/mol. The lowest BCUT2D eigenvalue weighted by atomic mass is 10.2. The maximum absolute atomic E-state index is 11.5. The maximum atomic E-state index is 11.5. The molecular weight excluding hydrogens is 304 g/mol. The number of nitrogens with one attached hydrogen (secondary N) is 1. The zero-order chi connectivity index (χ0) is 16.5. The summed E-state index contributed by atoms with van der Waals surface area (Å²) < 4.78 is 0. The van der Waals surface area contributed by atoms with Gasteiger partial charge in [-0.2, -0.15) is 0 Å². The molecule has 4 rings (SSSR count). The second kappa shape index (κ2) is 5.62. The minimum atomic E-state index is -0.494. The lowest BCUT2D eigenvalue weighted by molar-refractivity contribution is 0.1000. The Balaban J connectivity index is 1.85. The van der Waals surface area contributed by atoms with Gasteiger partial charge in [-0.3, -0.25) is 9.69 Å². The zero-order valence-electron chi connectivity index (χ0n) is 12.6. The van der Waals surface area contributed by atoms with Crippen LogP contribution in [0.1, 0.15) is 22.3 Å². The number of benzene rings is 1. The standard InChI is InChI=1S/C17H14N6O/c18-15(24)11-6-9-19-14(10-11)23-13-5-2-1-4-12(13)22-17(23)16-20-7-3-8-21-16/h1-10,17,22H,(H2,18,24). The molecule has 1 atom stereocenters. The molecule has 0 aliphatic carbocycles. The van der Waals surface area contributed by atoms with Crippen LogP contribution in [-0.4, -0.2) is 20.9 Å². The average molecular weight is 318 g/mol. The Bertz CT molecular complexity index is 898. The van der Waals surface area contributed by atoms with Gasteiger partial charge in [-0.05, 0) is 30.3 Å². The fourth-order valence-electron chi connectivity index (χ4n) is 2.75. The van der Waals surface area contributed by atoms with Crippen LogP contribution in [0.25, 0.3) is 0 Å². The van der Waals surface area contributed by atoms with Gasteiger partial charge in [0.1, 0.15) is 5.82 Å². The molecule has 2 aromatic heterocycles. The number of carbonyl (C=O) groups is 1. The predicted octanol–water partition coefficient (Wildman–Crippen LogP) is 2.23. The van der Waals surface area contributed by atoms with Crippen molar-refractivity contribution in [2.75, 3.05) is 10.2 Å². The second-order valence-corrected chi connectivity index (χ2v) is 5.31. The number of aromatic nitrogens is 3. The van der Waals surface area contributed by atoms with E-state index in [-0.39, 0.29) is 6.17 Å². The van der Waals surface area contributed by atoms with Crippen molar-refractivity contribution < 1.29 is 4.79 Å². The van der Waals surface area contributed by atoms with Gasteiger partial charge in [-0.25, -0.2) is 15.0 Å². The van der Waals surface area contributed by atoms with E-state index in [1.807, 2.05) is 29.2 Å². The molecule has 118 valence electrons. The summed E-state index contributed by atoms with van der Waals surface area (Å²) in [6.45, 7) is 0. The number of nitrogens with zero attached hydrogens (tertiary/aromatic N) is 4. The van der Waals surface area contributed by atoms with Crippen LogP contribution in [0.3, 0.4) is 0 Å². The lowest BCUT2D eigenvalue weighted by Gasteiger charge is -2.24. The van der Waals surface area contributed by atoms with Gasteiger partial charge < -0.3 is 11.1 Å². The van der Waals surface area contributed by atoms with Gasteiger partial charge in [0.15, 0.2) is 12.0 Å². The van der Waals surface area contributed by atoms with Crippen LogP contribution in [0.15, 0.2) is 61.1 Å². The molecule has 0 spiro atoms. The molecule has 1 aliphatic rings. The molecule has 3 aromatic rings. The van der Waals surface area contributed by atoms with Crippen LogP contribution in [0.4, 0.5) is 17.2 Å². The number of hydrogen-bond acceptors (Lipinski definition) is 6. The predicted molar refractivity (Wildman–Crippen MR) is 89.7 cm³/mol. The first-order valence-corrected chi connectivity index (χ1v) is 7.41. The quantitative estimate of drug-likeness (QED) is 0.768. The lowest BCUT2D eigenvalue weighted by Crippen LogP contribution is -2.26. The highest BCUT2D eigenvalue weighted by atomic mass is 16.1. The third-order valence-corrected chi connectivity index (χ3v) is 3.82. The third-order valence-electron chi connectivity index (χ3n) is 3.82. The van der Waals surface area contributed by atoms with Crippen LogP contribution in [0, 0.1) is 0 Å². The summed E-state index contributed by atoms with van der Waals surface area (Å²) in [5, 5.41) is 3.39. The number of anilines is 3. The van der Waals surface area contributed by atoms with E-state index in [1.165, 1.54) is 0 Å². The maximum Gasteiger partial charge on any atom is 0.248 e. The van der Waals surface area contributed by atoms with Crippen molar-refractivity contribution in [2.24, 2.45) is 5.73 Å². The van der Waals surface area contributed by atoms with Crippen LogP contribution < -0.4 is 16.0 Å². The van der Waals surface area contributed by atoms with Crippen molar-refractivity contribution in [1.82, 2.24) is 15.0 Å². The minimum Gasteiger partial charge on any atom is -0.366 e. The zero-order valence-corrected chi connectivity index (χ0v) is 12.6. The Hall–Kier alpha value is -3.48. The van der Waals surface area contributed by atoms with Crippen molar-refractivity contribution in [3.8, 4) is 0 Å². The van der Waals surface area contributed by atoms with E-state index in [0.717, 1.165) is 11.4 Å². The number of pyridine rings is 1. The molecule has 1 aliphatic heterocycles. The number of carbonyl (C=O) groups excluding carboxylic acids is 1. The summed E-state index contributed by atoms with van der Waals surface area (Å²) in [6, 6.07) is 12.9. The largest absolute Gasteiger partial charge is 0.366 e. The summed E-state index contributed by atoms with van der Waals surface area (Å²) in [4.78, 5) is 26.5. The van der Waals surface area contributed by atoms with E-state index in [4.69, 9.17) is 5.73 Å². The number of rotatable bonds is 3. The number of para-hydroxylation sites is 2. The first-order valence-electron chi connectivity index (χ1n) is 7.41. The number of fused-ring (bicyclic) bond motifs is 1. The Kier molecular flexibility index (Phi) is 3.31. The van der Waals surface area contributed by atoms with Crippen LogP contribution in [0.5, 0.6) is 0 Å². The van der Waals surface area contributed by atoms with E-state index in [9.17, 15) is 4.79 Å². The molecule has 0 radical (unpaired) electrons. The Morgan fingerprint density at radius 3 is 2.62 bits per heavy atom. The first-order chi connectivity index (χ1) is 11.7. The SMILES string of the molecule is NC(=O)c1ccnc(N2c3ccccc3NC2c2ncccn2)c1. The van der Waals surface area contributed by atoms with Gasteiger partial charge in [0.2, 0.25) is 5.91 Å². The van der Waals surface area contributed by atoms with Crippen LogP contribution >= 0.6 is 0 Å². The normalized spacial score (nSPS) is 15.7. The highest BCUT2D eigenvalue weighted by Gasteiger charge is 2.33. The van der Waals surface area contributed by atoms with Crippen molar-refractivity contribution in [2.45, 2.75) is 6.17 Å². The van der Waals surface area contributed by atoms with E-state index < -0.39 is 5.91 Å². The average Bonchev–Trinajstić information content (AvgIpc) is 3.02. The van der Waals surface area contributed by atoms with E-state index >= 15 is 0 Å². The van der Waals surface area contributed by atoms with Crippen LogP contribution in [-0.2, 0) is 0 Å². The molecule has 7 nitrogen and oxygen atoms in total. The molecule has 1 amide bonds. The van der Waals surface area contributed by atoms with Gasteiger partial charge in [0.05, 0.1) is 11.4 Å². The van der Waals surface area contributed by atoms with Gasteiger partial charge in [0, 0.05) is 24.2 Å². The number of hydrogen-bond donors (Lipinski definition) is 2. The van der Waals surface area contributed by atoms with E-state index in [0.29, 0.717) is 17.2 Å². The summed E-state index contributed by atoms with van der Waals surface area (Å²) in [5.41, 5.74) is 7.68. The summed E-state index contributed by atoms with van der Waals surface area (Å²) in [5.74, 6) is 0.716. The highest BCUT2D eigenvalue weighted by Crippen LogP contribution is 2.44. The Morgan fingerprint density at radius 2 is 1.83 bits per heavy atom. The highest BCUT2D eigenvalue weighted by molar-refractivity contribution is 5.94. The summed E-state index contributed by atoms with van der Waals surface area (Å²) in [6.07, 6.45) is 4.63. The Labute approximate surface area is 138 Å². The summed E-state index contributed by atoms with van der Waals surface area (Å²) in [7, 11) is 0.